The number of hydrogen-bond acceptors (Lipinski definition) is 4. The molecule has 0 aliphatic rings. The van der Waals surface area contributed by atoms with Crippen molar-refractivity contribution in [2.75, 3.05) is 17.7 Å². The molecular weight excluding hydrogens is 204 g/mol. The molecule has 5 heteroatoms. The highest BCUT2D eigenvalue weighted by Crippen LogP contribution is 2.23. The molecule has 0 unspecified atom stereocenters. The molecule has 4 N–H and O–H groups in total. The van der Waals surface area contributed by atoms with E-state index in [4.69, 9.17) is 5.73 Å². The Morgan fingerprint density at radius 1 is 1.50 bits per heavy atom. The molecule has 0 saturated carbocycles. The Kier molecular flexibility index (Phi) is 4.18. The number of nitrogens with two attached hydrogens (primary N) is 1. The molecule has 1 rings (SSSR count). The van der Waals surface area contributed by atoms with Crippen molar-refractivity contribution >= 4 is 11.5 Å². The van der Waals surface area contributed by atoms with Gasteiger partial charge in [-0.1, -0.05) is 13.8 Å². The van der Waals surface area contributed by atoms with Gasteiger partial charge in [0.25, 0.3) is 0 Å². The van der Waals surface area contributed by atoms with Crippen LogP contribution >= 0.6 is 0 Å². The van der Waals surface area contributed by atoms with Gasteiger partial charge in [-0.25, -0.2) is 4.68 Å². The van der Waals surface area contributed by atoms with Crippen molar-refractivity contribution in [3.05, 3.63) is 5.69 Å². The maximum absolute atomic E-state index is 9.29. The predicted octanol–water partition coefficient (Wildman–Crippen LogP) is 1.22. The second kappa shape index (κ2) is 5.21. The van der Waals surface area contributed by atoms with E-state index in [0.29, 0.717) is 11.6 Å². The van der Waals surface area contributed by atoms with Gasteiger partial charge >= 0.3 is 0 Å². The van der Waals surface area contributed by atoms with Crippen LogP contribution in [-0.2, 0) is 6.54 Å². The molecule has 1 atom stereocenters. The lowest BCUT2D eigenvalue weighted by atomic mass is 10.1. The molecule has 5 nitrogen and oxygen atoms in total. The summed E-state index contributed by atoms with van der Waals surface area (Å²) in [6, 6.07) is 0.00343. The third kappa shape index (κ3) is 2.47. The molecule has 0 amide bonds. The Morgan fingerprint density at radius 2 is 2.12 bits per heavy atom. The summed E-state index contributed by atoms with van der Waals surface area (Å²) in [5, 5.41) is 16.9. The van der Waals surface area contributed by atoms with E-state index in [-0.39, 0.29) is 12.6 Å². The van der Waals surface area contributed by atoms with Crippen molar-refractivity contribution in [2.45, 2.75) is 40.3 Å². The fourth-order valence-corrected chi connectivity index (χ4v) is 1.58. The lowest BCUT2D eigenvalue weighted by molar-refractivity contribution is 0.248. The lowest BCUT2D eigenvalue weighted by Gasteiger charge is -2.21. The summed E-state index contributed by atoms with van der Waals surface area (Å²) in [6.07, 6.45) is 0. The van der Waals surface area contributed by atoms with E-state index < -0.39 is 0 Å². The van der Waals surface area contributed by atoms with Crippen LogP contribution < -0.4 is 11.1 Å². The van der Waals surface area contributed by atoms with Crippen LogP contribution in [0.25, 0.3) is 0 Å². The van der Waals surface area contributed by atoms with Crippen LogP contribution in [0.2, 0.25) is 0 Å². The maximum Gasteiger partial charge on any atom is 0.148 e. The fourth-order valence-electron chi connectivity index (χ4n) is 1.58. The van der Waals surface area contributed by atoms with Gasteiger partial charge in [-0.3, -0.25) is 0 Å². The molecule has 92 valence electrons. The first kappa shape index (κ1) is 12.8. The van der Waals surface area contributed by atoms with Gasteiger partial charge in [0.2, 0.25) is 0 Å². The number of aromatic nitrogens is 2. The average molecular weight is 226 g/mol. The molecule has 0 saturated heterocycles. The van der Waals surface area contributed by atoms with Crippen LogP contribution in [0.15, 0.2) is 0 Å². The molecule has 0 aliphatic heterocycles. The second-order valence-corrected chi connectivity index (χ2v) is 4.34. The van der Waals surface area contributed by atoms with E-state index in [0.717, 1.165) is 18.1 Å². The molecule has 1 heterocycles. The Labute approximate surface area is 96.6 Å². The van der Waals surface area contributed by atoms with Gasteiger partial charge in [-0.15, -0.1) is 0 Å². The number of aliphatic hydroxyl groups is 1. The van der Waals surface area contributed by atoms with Crippen molar-refractivity contribution in [1.82, 2.24) is 9.78 Å². The van der Waals surface area contributed by atoms with E-state index >= 15 is 0 Å². The number of nitrogens with zero attached hydrogens (tertiary/aromatic N) is 2. The average Bonchev–Trinajstić information content (AvgIpc) is 2.51. The highest BCUT2D eigenvalue weighted by atomic mass is 16.3. The Balaban J connectivity index is 2.94. The summed E-state index contributed by atoms with van der Waals surface area (Å²) in [4.78, 5) is 0. The van der Waals surface area contributed by atoms with Crippen LogP contribution in [0.1, 0.15) is 26.5 Å². The number of aliphatic hydroxyl groups excluding tert-OH is 1. The minimum absolute atomic E-state index is 0.00343. The zero-order valence-corrected chi connectivity index (χ0v) is 10.5. The van der Waals surface area contributed by atoms with Crippen LogP contribution in [-0.4, -0.2) is 27.5 Å². The monoisotopic (exact) mass is 226 g/mol. The molecular formula is C11H22N4O. The number of nitrogen functional groups attached to an aromatic ring is 1. The molecule has 16 heavy (non-hydrogen) atoms. The number of hydrogen-bond donors (Lipinski definition) is 3. The quantitative estimate of drug-likeness (QED) is 0.705. The first-order valence-electron chi connectivity index (χ1n) is 5.71. The first-order chi connectivity index (χ1) is 7.51. The van der Waals surface area contributed by atoms with E-state index in [9.17, 15) is 5.11 Å². The van der Waals surface area contributed by atoms with Gasteiger partial charge in [0.05, 0.1) is 24.0 Å². The van der Waals surface area contributed by atoms with Crippen LogP contribution in [0.5, 0.6) is 0 Å². The third-order valence-electron chi connectivity index (χ3n) is 2.80. The minimum Gasteiger partial charge on any atom is -0.394 e. The summed E-state index contributed by atoms with van der Waals surface area (Å²) in [6.45, 7) is 8.87. The van der Waals surface area contributed by atoms with Gasteiger partial charge in [0.15, 0.2) is 0 Å². The Bertz CT molecular complexity index is 346. The highest BCUT2D eigenvalue weighted by Gasteiger charge is 2.17. The summed E-state index contributed by atoms with van der Waals surface area (Å²) >= 11 is 0. The second-order valence-electron chi connectivity index (χ2n) is 4.34. The molecule has 0 spiro atoms. The Hall–Kier alpha value is -1.23. The molecule has 0 aliphatic carbocycles. The van der Waals surface area contributed by atoms with Gasteiger partial charge in [-0.2, -0.15) is 5.10 Å². The maximum atomic E-state index is 9.29. The smallest absolute Gasteiger partial charge is 0.148 e. The Morgan fingerprint density at radius 3 is 2.56 bits per heavy atom. The van der Waals surface area contributed by atoms with Gasteiger partial charge in [-0.05, 0) is 19.8 Å². The van der Waals surface area contributed by atoms with E-state index in [1.54, 1.807) is 0 Å². The van der Waals surface area contributed by atoms with Crippen LogP contribution in [0.4, 0.5) is 11.5 Å². The molecule has 0 fully saturated rings. The zero-order valence-electron chi connectivity index (χ0n) is 10.5. The van der Waals surface area contributed by atoms with Crippen LogP contribution in [0.3, 0.4) is 0 Å². The number of rotatable bonds is 5. The normalized spacial score (nSPS) is 13.1. The van der Waals surface area contributed by atoms with Gasteiger partial charge in [0, 0.05) is 6.54 Å². The number of anilines is 2. The lowest BCUT2D eigenvalue weighted by Crippen LogP contribution is -2.30. The first-order valence-corrected chi connectivity index (χ1v) is 5.71. The van der Waals surface area contributed by atoms with E-state index in [2.05, 4.69) is 24.3 Å². The summed E-state index contributed by atoms with van der Waals surface area (Å²) in [5.41, 5.74) is 7.45. The number of nitrogens with one attached hydrogen (secondary N) is 1. The molecule has 0 radical (unpaired) electrons. The number of aryl methyl sites for hydroxylation is 2. The SMILES string of the molecule is CCn1nc(C)c(N)c1N[C@H](CO)C(C)C. The van der Waals surface area contributed by atoms with Gasteiger partial charge < -0.3 is 16.2 Å². The fraction of sp³-hybridized carbons (Fsp3) is 0.727. The van der Waals surface area contributed by atoms with E-state index in [1.165, 1.54) is 0 Å². The summed E-state index contributed by atoms with van der Waals surface area (Å²) in [5.74, 6) is 1.15. The summed E-state index contributed by atoms with van der Waals surface area (Å²) < 4.78 is 1.83. The van der Waals surface area contributed by atoms with Gasteiger partial charge in [0.1, 0.15) is 5.82 Å². The molecule has 0 aromatic carbocycles. The largest absolute Gasteiger partial charge is 0.394 e. The van der Waals surface area contributed by atoms with E-state index in [1.807, 2.05) is 18.5 Å². The predicted molar refractivity (Wildman–Crippen MR) is 66.4 cm³/mol. The van der Waals surface area contributed by atoms with Crippen molar-refractivity contribution < 1.29 is 5.11 Å². The van der Waals surface area contributed by atoms with Crippen molar-refractivity contribution in [1.29, 1.82) is 0 Å². The molecule has 1 aromatic rings. The minimum atomic E-state index is 0.00343. The standard InChI is InChI=1S/C11H22N4O/c1-5-15-11(10(12)8(4)14-15)13-9(6-16)7(2)3/h7,9,13,16H,5-6,12H2,1-4H3/t9-/m1/s1. The molecule has 1 aromatic heterocycles. The van der Waals surface area contributed by atoms with Crippen molar-refractivity contribution in [2.24, 2.45) is 5.92 Å². The van der Waals surface area contributed by atoms with Crippen LogP contribution in [0, 0.1) is 12.8 Å². The third-order valence-corrected chi connectivity index (χ3v) is 2.80. The zero-order chi connectivity index (χ0) is 12.3. The highest BCUT2D eigenvalue weighted by molar-refractivity contribution is 5.65. The van der Waals surface area contributed by atoms with Crippen molar-refractivity contribution in [3.63, 3.8) is 0 Å². The summed E-state index contributed by atoms with van der Waals surface area (Å²) in [7, 11) is 0. The molecule has 0 bridgehead atoms. The topological polar surface area (TPSA) is 76.1 Å². The van der Waals surface area contributed by atoms with Crippen molar-refractivity contribution in [3.8, 4) is 0 Å².